The topological polar surface area (TPSA) is 61.2 Å². The molecule has 0 heterocycles. The first kappa shape index (κ1) is 18.1. The highest BCUT2D eigenvalue weighted by molar-refractivity contribution is 7.95. The largest absolute Gasteiger partial charge is 0.378 e. The lowest BCUT2D eigenvalue weighted by Gasteiger charge is -2.12. The molecule has 0 unspecified atom stereocenters. The molecule has 0 radical (unpaired) electrons. The van der Waals surface area contributed by atoms with Crippen molar-refractivity contribution in [3.05, 3.63) is 69.6 Å². The summed E-state index contributed by atoms with van der Waals surface area (Å²) in [5.74, 6) is -0.237. The fourth-order valence-electron chi connectivity index (χ4n) is 2.09. The zero-order valence-electron chi connectivity index (χ0n) is 13.4. The second-order valence-corrected chi connectivity index (χ2v) is 7.89. The first-order chi connectivity index (χ1) is 11.3. The van der Waals surface area contributed by atoms with Crippen LogP contribution in [0.2, 0.25) is 5.02 Å². The molecule has 4 nitrogen and oxygen atoms in total. The van der Waals surface area contributed by atoms with Crippen LogP contribution in [-0.2, 0) is 15.6 Å². The molecule has 0 aliphatic rings. The highest BCUT2D eigenvalue weighted by Gasteiger charge is 2.18. The number of sulfone groups is 1. The summed E-state index contributed by atoms with van der Waals surface area (Å²) >= 11 is 5.80. The summed E-state index contributed by atoms with van der Waals surface area (Å²) in [4.78, 5) is 1.69. The molecule has 0 aliphatic heterocycles. The molecule has 2 aromatic carbocycles. The van der Waals surface area contributed by atoms with Crippen LogP contribution in [0.1, 0.15) is 11.1 Å². The van der Waals surface area contributed by atoms with Crippen LogP contribution in [0, 0.1) is 11.3 Å². The molecular weight excluding hydrogens is 344 g/mol. The standard InChI is InChI=1S/C18H17ClN2O2S/c1-21(2)17-9-5-14(6-10-17)11-18(12-20)24(22,23)13-15-3-7-16(19)8-4-15/h3-11H,13H2,1-2H3. The van der Waals surface area contributed by atoms with Crippen molar-refractivity contribution >= 4 is 33.2 Å². The second kappa shape index (κ2) is 7.52. The second-order valence-electron chi connectivity index (χ2n) is 5.49. The smallest absolute Gasteiger partial charge is 0.192 e. The summed E-state index contributed by atoms with van der Waals surface area (Å²) < 4.78 is 24.9. The third-order valence-electron chi connectivity index (χ3n) is 3.42. The molecule has 0 aliphatic carbocycles. The Kier molecular flexibility index (Phi) is 5.66. The number of allylic oxidation sites excluding steroid dienone is 1. The number of nitrogens with zero attached hydrogens (tertiary/aromatic N) is 2. The summed E-state index contributed by atoms with van der Waals surface area (Å²) in [7, 11) is 0.121. The van der Waals surface area contributed by atoms with Gasteiger partial charge in [0.1, 0.15) is 11.0 Å². The molecule has 0 bridgehead atoms. The van der Waals surface area contributed by atoms with Gasteiger partial charge < -0.3 is 4.90 Å². The van der Waals surface area contributed by atoms with Crippen molar-refractivity contribution in [2.75, 3.05) is 19.0 Å². The average Bonchev–Trinajstić information content (AvgIpc) is 2.54. The Hall–Kier alpha value is -2.29. The molecular formula is C18H17ClN2O2S. The Morgan fingerprint density at radius 3 is 2.21 bits per heavy atom. The van der Waals surface area contributed by atoms with Crippen LogP contribution in [-0.4, -0.2) is 22.5 Å². The maximum absolute atomic E-state index is 12.5. The fraction of sp³-hybridized carbons (Fsp3) is 0.167. The lowest BCUT2D eigenvalue weighted by atomic mass is 10.2. The minimum Gasteiger partial charge on any atom is -0.378 e. The monoisotopic (exact) mass is 360 g/mol. The minimum absolute atomic E-state index is 0.237. The van der Waals surface area contributed by atoms with Crippen LogP contribution >= 0.6 is 11.6 Å². The Bertz CT molecular complexity index is 878. The molecule has 0 saturated carbocycles. The van der Waals surface area contributed by atoms with E-state index in [0.717, 1.165) is 5.69 Å². The van der Waals surface area contributed by atoms with Crippen LogP contribution in [0.3, 0.4) is 0 Å². The van der Waals surface area contributed by atoms with Gasteiger partial charge in [-0.3, -0.25) is 0 Å². The quantitative estimate of drug-likeness (QED) is 0.759. The van der Waals surface area contributed by atoms with E-state index < -0.39 is 9.84 Å². The van der Waals surface area contributed by atoms with Crippen LogP contribution in [0.25, 0.3) is 6.08 Å². The average molecular weight is 361 g/mol. The minimum atomic E-state index is -3.72. The number of rotatable bonds is 5. The Labute approximate surface area is 147 Å². The Morgan fingerprint density at radius 2 is 1.71 bits per heavy atom. The predicted octanol–water partition coefficient (Wildman–Crippen LogP) is 3.89. The molecule has 0 amide bonds. The summed E-state index contributed by atoms with van der Waals surface area (Å²) in [6, 6.07) is 15.6. The van der Waals surface area contributed by atoms with Gasteiger partial charge in [-0.25, -0.2) is 8.42 Å². The van der Waals surface area contributed by atoms with Gasteiger partial charge in [0, 0.05) is 24.8 Å². The normalized spacial score (nSPS) is 11.8. The maximum atomic E-state index is 12.5. The number of halogens is 1. The lowest BCUT2D eigenvalue weighted by Crippen LogP contribution is -2.08. The van der Waals surface area contributed by atoms with Gasteiger partial charge in [-0.1, -0.05) is 35.9 Å². The molecule has 0 aromatic heterocycles. The highest BCUT2D eigenvalue weighted by Crippen LogP contribution is 2.20. The van der Waals surface area contributed by atoms with Crippen molar-refractivity contribution in [3.8, 4) is 6.07 Å². The summed E-state index contributed by atoms with van der Waals surface area (Å²) in [6.45, 7) is 0. The van der Waals surface area contributed by atoms with Gasteiger partial charge in [-0.15, -0.1) is 0 Å². The number of nitriles is 1. The molecule has 0 N–H and O–H groups in total. The van der Waals surface area contributed by atoms with Gasteiger partial charge in [0.05, 0.1) is 5.75 Å². The van der Waals surface area contributed by atoms with Crippen molar-refractivity contribution in [2.24, 2.45) is 0 Å². The predicted molar refractivity (Wildman–Crippen MR) is 98.4 cm³/mol. The van der Waals surface area contributed by atoms with E-state index in [-0.39, 0.29) is 10.7 Å². The molecule has 2 rings (SSSR count). The van der Waals surface area contributed by atoms with E-state index in [1.165, 1.54) is 6.08 Å². The lowest BCUT2D eigenvalue weighted by molar-refractivity contribution is 0.602. The molecule has 0 spiro atoms. The summed E-state index contributed by atoms with van der Waals surface area (Å²) in [5.41, 5.74) is 2.25. The van der Waals surface area contributed by atoms with E-state index >= 15 is 0 Å². The van der Waals surface area contributed by atoms with E-state index in [2.05, 4.69) is 0 Å². The number of hydrogen-bond acceptors (Lipinski definition) is 4. The van der Waals surface area contributed by atoms with E-state index in [1.54, 1.807) is 42.5 Å². The SMILES string of the molecule is CN(C)c1ccc(C=C(C#N)S(=O)(=O)Cc2ccc(Cl)cc2)cc1. The molecule has 0 saturated heterocycles. The van der Waals surface area contributed by atoms with Crippen molar-refractivity contribution in [3.63, 3.8) is 0 Å². The third-order valence-corrected chi connectivity index (χ3v) is 5.27. The van der Waals surface area contributed by atoms with Crippen LogP contribution in [0.5, 0.6) is 0 Å². The molecule has 2 aromatic rings. The van der Waals surface area contributed by atoms with Gasteiger partial charge >= 0.3 is 0 Å². The highest BCUT2D eigenvalue weighted by atomic mass is 35.5. The van der Waals surface area contributed by atoms with E-state index in [1.807, 2.05) is 31.1 Å². The Balaban J connectivity index is 2.28. The molecule has 124 valence electrons. The van der Waals surface area contributed by atoms with Crippen molar-refractivity contribution in [2.45, 2.75) is 5.75 Å². The van der Waals surface area contributed by atoms with Crippen molar-refractivity contribution in [1.29, 1.82) is 5.26 Å². The zero-order chi connectivity index (χ0) is 17.7. The molecule has 0 fully saturated rings. The van der Waals surface area contributed by atoms with E-state index in [9.17, 15) is 13.7 Å². The molecule has 24 heavy (non-hydrogen) atoms. The van der Waals surface area contributed by atoms with Crippen molar-refractivity contribution in [1.82, 2.24) is 0 Å². The third kappa shape index (κ3) is 4.60. The van der Waals surface area contributed by atoms with Crippen LogP contribution in [0.15, 0.2) is 53.4 Å². The fourth-order valence-corrected chi connectivity index (χ4v) is 3.46. The van der Waals surface area contributed by atoms with Gasteiger partial charge in [0.25, 0.3) is 0 Å². The summed E-state index contributed by atoms with van der Waals surface area (Å²) in [5, 5.41) is 9.80. The maximum Gasteiger partial charge on any atom is 0.192 e. The molecule has 0 atom stereocenters. The van der Waals surface area contributed by atoms with Crippen LogP contribution in [0.4, 0.5) is 5.69 Å². The van der Waals surface area contributed by atoms with Gasteiger partial charge in [-0.2, -0.15) is 5.26 Å². The Morgan fingerprint density at radius 1 is 1.12 bits per heavy atom. The van der Waals surface area contributed by atoms with Crippen LogP contribution < -0.4 is 4.90 Å². The van der Waals surface area contributed by atoms with E-state index in [0.29, 0.717) is 16.1 Å². The van der Waals surface area contributed by atoms with Gasteiger partial charge in [0.2, 0.25) is 0 Å². The first-order valence-electron chi connectivity index (χ1n) is 7.18. The number of hydrogen-bond donors (Lipinski definition) is 0. The van der Waals surface area contributed by atoms with Crippen molar-refractivity contribution < 1.29 is 8.42 Å². The zero-order valence-corrected chi connectivity index (χ0v) is 15.0. The van der Waals surface area contributed by atoms with Gasteiger partial charge in [-0.05, 0) is 41.5 Å². The first-order valence-corrected chi connectivity index (χ1v) is 9.21. The van der Waals surface area contributed by atoms with E-state index in [4.69, 9.17) is 11.6 Å². The van der Waals surface area contributed by atoms with Gasteiger partial charge in [0.15, 0.2) is 9.84 Å². The number of anilines is 1. The summed E-state index contributed by atoms with van der Waals surface area (Å²) in [6.07, 6.45) is 1.39. The number of benzene rings is 2. The molecule has 6 heteroatoms.